The molecule has 1 amide bonds. The van der Waals surface area contributed by atoms with Crippen molar-refractivity contribution < 1.29 is 4.79 Å². The van der Waals surface area contributed by atoms with Crippen LogP contribution in [0.5, 0.6) is 0 Å². The van der Waals surface area contributed by atoms with E-state index in [1.165, 1.54) is 0 Å². The maximum absolute atomic E-state index is 12.4. The van der Waals surface area contributed by atoms with Crippen molar-refractivity contribution in [1.82, 2.24) is 20.1 Å². The number of aryl methyl sites for hydroxylation is 2. The molecule has 1 fully saturated rings. The van der Waals surface area contributed by atoms with Gasteiger partial charge in [-0.05, 0) is 47.8 Å². The highest BCUT2D eigenvalue weighted by atomic mass is 79.9. The van der Waals surface area contributed by atoms with Gasteiger partial charge in [0.15, 0.2) is 0 Å². The van der Waals surface area contributed by atoms with Crippen molar-refractivity contribution in [1.29, 1.82) is 0 Å². The highest BCUT2D eigenvalue weighted by molar-refractivity contribution is 9.10. The van der Waals surface area contributed by atoms with Crippen LogP contribution in [0.2, 0.25) is 0 Å². The van der Waals surface area contributed by atoms with Crippen LogP contribution >= 0.6 is 15.9 Å². The average molecular weight is 378 g/mol. The van der Waals surface area contributed by atoms with Crippen LogP contribution in [0, 0.1) is 6.92 Å². The fraction of sp³-hybridized carbons (Fsp3) is 0.438. The van der Waals surface area contributed by atoms with E-state index in [-0.39, 0.29) is 11.9 Å². The van der Waals surface area contributed by atoms with Crippen LogP contribution in [-0.4, -0.2) is 39.8 Å². The predicted molar refractivity (Wildman–Crippen MR) is 92.6 cm³/mol. The van der Waals surface area contributed by atoms with Crippen LogP contribution < -0.4 is 10.2 Å². The summed E-state index contributed by atoms with van der Waals surface area (Å²) in [6.07, 6.45) is 5.62. The zero-order chi connectivity index (χ0) is 16.4. The molecule has 122 valence electrons. The molecule has 0 aromatic carbocycles. The van der Waals surface area contributed by atoms with Gasteiger partial charge < -0.3 is 10.2 Å². The second-order valence-corrected chi connectivity index (χ2v) is 6.73. The fourth-order valence-electron chi connectivity index (χ4n) is 2.87. The standard InChI is InChI=1S/C16H20BrN5O/c1-11-8-14(20-21(11)2)16(23)19-12-4-3-7-22(10-12)15-5-6-18-9-13(15)17/h5-6,8-9,12H,3-4,7,10H2,1-2H3,(H,19,23). The molecule has 0 saturated carbocycles. The second kappa shape index (κ2) is 6.70. The first-order chi connectivity index (χ1) is 11.0. The zero-order valence-corrected chi connectivity index (χ0v) is 14.9. The van der Waals surface area contributed by atoms with Crippen LogP contribution in [-0.2, 0) is 7.05 Å². The molecule has 0 spiro atoms. The lowest BCUT2D eigenvalue weighted by atomic mass is 10.0. The summed E-state index contributed by atoms with van der Waals surface area (Å²) in [7, 11) is 1.84. The lowest BCUT2D eigenvalue weighted by Gasteiger charge is -2.35. The number of hydrogen-bond donors (Lipinski definition) is 1. The van der Waals surface area contributed by atoms with E-state index in [1.54, 1.807) is 17.1 Å². The van der Waals surface area contributed by atoms with Gasteiger partial charge in [0, 0.05) is 44.3 Å². The van der Waals surface area contributed by atoms with Crippen LogP contribution in [0.15, 0.2) is 29.0 Å². The van der Waals surface area contributed by atoms with Crippen molar-refractivity contribution in [3.8, 4) is 0 Å². The summed E-state index contributed by atoms with van der Waals surface area (Å²) in [5, 5.41) is 7.35. The van der Waals surface area contributed by atoms with Gasteiger partial charge in [0.2, 0.25) is 0 Å². The van der Waals surface area contributed by atoms with Crippen molar-refractivity contribution in [2.45, 2.75) is 25.8 Å². The van der Waals surface area contributed by atoms with E-state index in [4.69, 9.17) is 0 Å². The number of nitrogens with one attached hydrogen (secondary N) is 1. The SMILES string of the molecule is Cc1cc(C(=O)NC2CCCN(c3ccncc3Br)C2)nn1C. The number of pyridine rings is 1. The summed E-state index contributed by atoms with van der Waals surface area (Å²) >= 11 is 3.55. The van der Waals surface area contributed by atoms with E-state index >= 15 is 0 Å². The van der Waals surface area contributed by atoms with E-state index in [0.717, 1.165) is 41.8 Å². The van der Waals surface area contributed by atoms with Crippen LogP contribution in [0.3, 0.4) is 0 Å². The molecule has 1 aliphatic heterocycles. The van der Waals surface area contributed by atoms with E-state index in [0.29, 0.717) is 5.69 Å². The number of anilines is 1. The van der Waals surface area contributed by atoms with Gasteiger partial charge in [-0.15, -0.1) is 0 Å². The van der Waals surface area contributed by atoms with Crippen molar-refractivity contribution in [3.63, 3.8) is 0 Å². The average Bonchev–Trinajstić information content (AvgIpc) is 2.88. The Morgan fingerprint density at radius 3 is 3.00 bits per heavy atom. The number of carbonyl (C=O) groups is 1. The Balaban J connectivity index is 1.67. The third-order valence-electron chi connectivity index (χ3n) is 4.19. The Labute approximate surface area is 144 Å². The van der Waals surface area contributed by atoms with Gasteiger partial charge in [-0.25, -0.2) is 0 Å². The topological polar surface area (TPSA) is 63.1 Å². The molecular formula is C16H20BrN5O. The first kappa shape index (κ1) is 16.0. The number of carbonyl (C=O) groups excluding carboxylic acids is 1. The van der Waals surface area contributed by atoms with Crippen molar-refractivity contribution in [3.05, 3.63) is 40.4 Å². The van der Waals surface area contributed by atoms with Gasteiger partial charge in [-0.3, -0.25) is 14.5 Å². The molecule has 0 bridgehead atoms. The van der Waals surface area contributed by atoms with Gasteiger partial charge in [0.25, 0.3) is 5.91 Å². The minimum Gasteiger partial charge on any atom is -0.368 e. The van der Waals surface area contributed by atoms with E-state index in [9.17, 15) is 4.79 Å². The summed E-state index contributed by atoms with van der Waals surface area (Å²) in [4.78, 5) is 18.7. The molecule has 23 heavy (non-hydrogen) atoms. The van der Waals surface area contributed by atoms with Gasteiger partial charge >= 0.3 is 0 Å². The Hall–Kier alpha value is -1.89. The summed E-state index contributed by atoms with van der Waals surface area (Å²) in [5.74, 6) is -0.102. The first-order valence-electron chi connectivity index (χ1n) is 7.70. The molecule has 0 radical (unpaired) electrons. The zero-order valence-electron chi connectivity index (χ0n) is 13.3. The summed E-state index contributed by atoms with van der Waals surface area (Å²) in [6.45, 7) is 3.71. The van der Waals surface area contributed by atoms with E-state index < -0.39 is 0 Å². The quantitative estimate of drug-likeness (QED) is 0.890. The van der Waals surface area contributed by atoms with Crippen molar-refractivity contribution in [2.24, 2.45) is 7.05 Å². The maximum atomic E-state index is 12.4. The highest BCUT2D eigenvalue weighted by Crippen LogP contribution is 2.27. The lowest BCUT2D eigenvalue weighted by molar-refractivity contribution is 0.0927. The number of amides is 1. The third-order valence-corrected chi connectivity index (χ3v) is 4.81. The highest BCUT2D eigenvalue weighted by Gasteiger charge is 2.24. The molecule has 1 saturated heterocycles. The van der Waals surface area contributed by atoms with Gasteiger partial charge in [0.1, 0.15) is 5.69 Å². The molecule has 1 N–H and O–H groups in total. The second-order valence-electron chi connectivity index (χ2n) is 5.88. The minimum absolute atomic E-state index is 0.102. The molecule has 0 aliphatic carbocycles. The Morgan fingerprint density at radius 2 is 2.30 bits per heavy atom. The molecule has 3 heterocycles. The van der Waals surface area contributed by atoms with Crippen LogP contribution in [0.1, 0.15) is 29.0 Å². The smallest absolute Gasteiger partial charge is 0.272 e. The minimum atomic E-state index is -0.102. The number of aromatic nitrogens is 3. The summed E-state index contributed by atoms with van der Waals surface area (Å²) in [6, 6.07) is 3.94. The lowest BCUT2D eigenvalue weighted by Crippen LogP contribution is -2.48. The molecule has 1 aliphatic rings. The number of nitrogens with zero attached hydrogens (tertiary/aromatic N) is 4. The number of hydrogen-bond acceptors (Lipinski definition) is 4. The third kappa shape index (κ3) is 3.55. The van der Waals surface area contributed by atoms with E-state index in [1.807, 2.05) is 26.1 Å². The summed E-state index contributed by atoms with van der Waals surface area (Å²) in [5.41, 5.74) is 2.57. The predicted octanol–water partition coefficient (Wildman–Crippen LogP) is 2.28. The Kier molecular flexibility index (Phi) is 4.66. The molecular weight excluding hydrogens is 358 g/mol. The molecule has 6 nitrogen and oxygen atoms in total. The number of rotatable bonds is 3. The monoisotopic (exact) mass is 377 g/mol. The molecule has 2 aromatic heterocycles. The van der Waals surface area contributed by atoms with Gasteiger partial charge in [-0.1, -0.05) is 0 Å². The van der Waals surface area contributed by atoms with Crippen molar-refractivity contribution >= 4 is 27.5 Å². The number of piperidine rings is 1. The normalized spacial score (nSPS) is 18.0. The Bertz CT molecular complexity index is 695. The van der Waals surface area contributed by atoms with Gasteiger partial charge in [-0.2, -0.15) is 5.10 Å². The number of halogens is 1. The van der Waals surface area contributed by atoms with Crippen molar-refractivity contribution in [2.75, 3.05) is 18.0 Å². The Morgan fingerprint density at radius 1 is 1.48 bits per heavy atom. The maximum Gasteiger partial charge on any atom is 0.272 e. The fourth-order valence-corrected chi connectivity index (χ4v) is 3.37. The molecule has 3 rings (SSSR count). The summed E-state index contributed by atoms with van der Waals surface area (Å²) < 4.78 is 2.70. The first-order valence-corrected chi connectivity index (χ1v) is 8.50. The molecule has 2 aromatic rings. The molecule has 7 heteroatoms. The van der Waals surface area contributed by atoms with Gasteiger partial charge in [0.05, 0.1) is 10.2 Å². The van der Waals surface area contributed by atoms with Crippen LogP contribution in [0.4, 0.5) is 5.69 Å². The van der Waals surface area contributed by atoms with E-state index in [2.05, 4.69) is 36.2 Å². The largest absolute Gasteiger partial charge is 0.368 e. The molecule has 1 atom stereocenters. The molecule has 1 unspecified atom stereocenters. The van der Waals surface area contributed by atoms with Crippen LogP contribution in [0.25, 0.3) is 0 Å².